The Labute approximate surface area is 150 Å². The van der Waals surface area contributed by atoms with Gasteiger partial charge in [-0.2, -0.15) is 15.9 Å². The van der Waals surface area contributed by atoms with E-state index in [1.807, 2.05) is 35.0 Å². The third kappa shape index (κ3) is 3.01. The lowest BCUT2D eigenvalue weighted by atomic mass is 10.3. The maximum absolute atomic E-state index is 10.2. The molecular weight excluding hydrogens is 366 g/mol. The van der Waals surface area contributed by atoms with Crippen LogP contribution in [0.3, 0.4) is 0 Å². The first-order valence-electron chi connectivity index (χ1n) is 7.13. The van der Waals surface area contributed by atoms with Gasteiger partial charge in [0.1, 0.15) is 11.9 Å². The number of thiophene rings is 2. The van der Waals surface area contributed by atoms with Crippen LogP contribution in [0.25, 0.3) is 17.0 Å². The maximum atomic E-state index is 10.2. The second-order valence-corrected chi connectivity index (χ2v) is 7.59. The summed E-state index contributed by atoms with van der Waals surface area (Å²) in [5.74, 6) is 1.33. The van der Waals surface area contributed by atoms with Gasteiger partial charge in [-0.15, -0.1) is 26.6 Å². The Hall–Kier alpha value is -2.00. The molecule has 1 atom stereocenters. The topological polar surface area (TPSA) is 75.3 Å². The minimum Gasteiger partial charge on any atom is -0.386 e. The van der Waals surface area contributed by atoms with Gasteiger partial charge in [-0.05, 0) is 35.7 Å². The first-order valence-corrected chi connectivity index (χ1v) is 9.26. The zero-order valence-corrected chi connectivity index (χ0v) is 14.6. The molecule has 0 aliphatic carbocycles. The van der Waals surface area contributed by atoms with E-state index in [0.717, 1.165) is 10.4 Å². The number of rotatable bonds is 5. The van der Waals surface area contributed by atoms with Crippen LogP contribution in [-0.2, 0) is 0 Å². The second-order valence-electron chi connectivity index (χ2n) is 5.06. The lowest BCUT2D eigenvalue weighted by Crippen LogP contribution is -2.13. The summed E-state index contributed by atoms with van der Waals surface area (Å²) in [5, 5.41) is 30.2. The molecule has 0 aliphatic rings. The lowest BCUT2D eigenvalue weighted by Gasteiger charge is -2.10. The molecule has 0 amide bonds. The fourth-order valence-electron chi connectivity index (χ4n) is 2.26. The van der Waals surface area contributed by atoms with Crippen LogP contribution in [0.15, 0.2) is 41.1 Å². The van der Waals surface area contributed by atoms with Gasteiger partial charge in [0.25, 0.3) is 0 Å². The summed E-state index contributed by atoms with van der Waals surface area (Å²) >= 11 is 8.86. The molecule has 4 rings (SSSR count). The molecule has 0 spiro atoms. The predicted molar refractivity (Wildman–Crippen MR) is 96.9 cm³/mol. The van der Waals surface area contributed by atoms with Crippen molar-refractivity contribution in [1.29, 1.82) is 0 Å². The van der Waals surface area contributed by atoms with Crippen molar-refractivity contribution in [3.8, 4) is 11.4 Å². The SMILES string of the molecule is OC(CNc1ccc2nnc(-c3ccsc3)n2n1)c1ccc(Cl)s1. The molecule has 6 nitrogen and oxygen atoms in total. The van der Waals surface area contributed by atoms with Crippen molar-refractivity contribution in [2.45, 2.75) is 6.10 Å². The molecule has 0 radical (unpaired) electrons. The highest BCUT2D eigenvalue weighted by Crippen LogP contribution is 2.27. The fourth-order valence-corrected chi connectivity index (χ4v) is 3.95. The summed E-state index contributed by atoms with van der Waals surface area (Å²) in [6, 6.07) is 9.24. The van der Waals surface area contributed by atoms with Gasteiger partial charge >= 0.3 is 0 Å². The first-order chi connectivity index (χ1) is 11.7. The minimum atomic E-state index is -0.641. The molecule has 4 aromatic rings. The van der Waals surface area contributed by atoms with E-state index in [1.165, 1.54) is 11.3 Å². The fraction of sp³-hybridized carbons (Fsp3) is 0.133. The van der Waals surface area contributed by atoms with Crippen molar-refractivity contribution in [1.82, 2.24) is 19.8 Å². The predicted octanol–water partition coefficient (Wildman–Crippen LogP) is 3.71. The van der Waals surface area contributed by atoms with Crippen LogP contribution in [0.1, 0.15) is 11.0 Å². The Bertz CT molecular complexity index is 965. The smallest absolute Gasteiger partial charge is 0.186 e. The normalized spacial score (nSPS) is 12.6. The van der Waals surface area contributed by atoms with E-state index < -0.39 is 6.10 Å². The van der Waals surface area contributed by atoms with Gasteiger partial charge in [0.2, 0.25) is 0 Å². The number of fused-ring (bicyclic) bond motifs is 1. The van der Waals surface area contributed by atoms with Gasteiger partial charge in [-0.3, -0.25) is 0 Å². The van der Waals surface area contributed by atoms with Crippen LogP contribution in [0, 0.1) is 0 Å². The van der Waals surface area contributed by atoms with Gasteiger partial charge in [0.05, 0.1) is 4.34 Å². The van der Waals surface area contributed by atoms with Crippen molar-refractivity contribution in [2.24, 2.45) is 0 Å². The van der Waals surface area contributed by atoms with Gasteiger partial charge < -0.3 is 10.4 Å². The average Bonchev–Trinajstić information content (AvgIpc) is 3.31. The molecule has 0 aliphatic heterocycles. The van der Waals surface area contributed by atoms with Crippen LogP contribution in [0.5, 0.6) is 0 Å². The molecule has 2 N–H and O–H groups in total. The monoisotopic (exact) mass is 377 g/mol. The zero-order valence-electron chi connectivity index (χ0n) is 12.3. The van der Waals surface area contributed by atoms with Crippen LogP contribution >= 0.6 is 34.3 Å². The Morgan fingerprint density at radius 3 is 2.88 bits per heavy atom. The number of aliphatic hydroxyl groups excluding tert-OH is 1. The number of hydrogen-bond donors (Lipinski definition) is 2. The summed E-state index contributed by atoms with van der Waals surface area (Å²) < 4.78 is 2.35. The third-order valence-corrected chi connectivity index (χ3v) is 5.46. The Morgan fingerprint density at radius 1 is 1.21 bits per heavy atom. The average molecular weight is 378 g/mol. The van der Waals surface area contributed by atoms with Crippen LogP contribution < -0.4 is 5.32 Å². The third-order valence-electron chi connectivity index (χ3n) is 3.44. The molecule has 0 saturated heterocycles. The van der Waals surface area contributed by atoms with E-state index in [4.69, 9.17) is 11.6 Å². The summed E-state index contributed by atoms with van der Waals surface area (Å²) in [7, 11) is 0. The molecule has 0 saturated carbocycles. The minimum absolute atomic E-state index is 0.339. The largest absolute Gasteiger partial charge is 0.386 e. The molecule has 9 heteroatoms. The highest BCUT2D eigenvalue weighted by Gasteiger charge is 2.12. The van der Waals surface area contributed by atoms with Crippen molar-refractivity contribution in [3.05, 3.63) is 50.3 Å². The Balaban J connectivity index is 1.55. The van der Waals surface area contributed by atoms with Crippen LogP contribution in [0.4, 0.5) is 5.82 Å². The van der Waals surface area contributed by atoms with E-state index in [2.05, 4.69) is 20.6 Å². The Morgan fingerprint density at radius 2 is 2.12 bits per heavy atom. The molecule has 4 heterocycles. The number of aliphatic hydroxyl groups is 1. The lowest BCUT2D eigenvalue weighted by molar-refractivity contribution is 0.195. The van der Waals surface area contributed by atoms with Gasteiger partial charge in [0, 0.05) is 22.4 Å². The highest BCUT2D eigenvalue weighted by molar-refractivity contribution is 7.16. The number of aromatic nitrogens is 4. The van der Waals surface area contributed by atoms with Gasteiger partial charge in [-0.25, -0.2) is 0 Å². The van der Waals surface area contributed by atoms with E-state index in [1.54, 1.807) is 21.9 Å². The number of anilines is 1. The van der Waals surface area contributed by atoms with E-state index in [9.17, 15) is 5.11 Å². The van der Waals surface area contributed by atoms with E-state index in [-0.39, 0.29) is 0 Å². The first kappa shape index (κ1) is 15.5. The second kappa shape index (κ2) is 6.48. The van der Waals surface area contributed by atoms with Crippen molar-refractivity contribution in [2.75, 3.05) is 11.9 Å². The maximum Gasteiger partial charge on any atom is 0.186 e. The summed E-state index contributed by atoms with van der Waals surface area (Å²) in [6.45, 7) is 0.339. The number of halogens is 1. The number of nitrogens with zero attached hydrogens (tertiary/aromatic N) is 4. The Kier molecular flexibility index (Phi) is 4.19. The summed E-state index contributed by atoms with van der Waals surface area (Å²) in [4.78, 5) is 0.817. The molecule has 0 fully saturated rings. The van der Waals surface area contributed by atoms with Crippen LogP contribution in [0.2, 0.25) is 4.34 Å². The number of nitrogens with one attached hydrogen (secondary N) is 1. The van der Waals surface area contributed by atoms with E-state index >= 15 is 0 Å². The van der Waals surface area contributed by atoms with Gasteiger partial charge in [-0.1, -0.05) is 11.6 Å². The molecule has 0 aromatic carbocycles. The molecule has 0 bridgehead atoms. The highest BCUT2D eigenvalue weighted by atomic mass is 35.5. The number of hydrogen-bond acceptors (Lipinski definition) is 7. The van der Waals surface area contributed by atoms with Crippen molar-refractivity contribution in [3.63, 3.8) is 0 Å². The zero-order chi connectivity index (χ0) is 16.5. The molecule has 1 unspecified atom stereocenters. The molecule has 24 heavy (non-hydrogen) atoms. The standard InChI is InChI=1S/C15H12ClN5OS2/c16-12-2-1-11(24-12)10(22)7-17-13-3-4-14-18-19-15(21(14)20-13)9-5-6-23-8-9/h1-6,8,10,22H,7H2,(H,17,20). The van der Waals surface area contributed by atoms with Crippen molar-refractivity contribution < 1.29 is 5.11 Å². The van der Waals surface area contributed by atoms with Crippen LogP contribution in [-0.4, -0.2) is 31.5 Å². The summed E-state index contributed by atoms with van der Waals surface area (Å²) in [5.41, 5.74) is 1.65. The molecule has 122 valence electrons. The summed E-state index contributed by atoms with van der Waals surface area (Å²) in [6.07, 6.45) is -0.641. The van der Waals surface area contributed by atoms with Gasteiger partial charge in [0.15, 0.2) is 11.5 Å². The van der Waals surface area contributed by atoms with E-state index in [0.29, 0.717) is 28.2 Å². The molecular formula is C15H12ClN5OS2. The van der Waals surface area contributed by atoms with Crippen molar-refractivity contribution >= 4 is 45.7 Å². The quantitative estimate of drug-likeness (QED) is 0.554. The molecule has 4 aromatic heterocycles.